The zero-order chi connectivity index (χ0) is 18.4. The molecule has 0 aliphatic heterocycles. The Morgan fingerprint density at radius 2 is 1.54 bits per heavy atom. The van der Waals surface area contributed by atoms with Gasteiger partial charge in [-0.25, -0.2) is 0 Å². The molecule has 4 nitrogen and oxygen atoms in total. The Balaban J connectivity index is 2.04. The molecule has 5 heteroatoms. The summed E-state index contributed by atoms with van der Waals surface area (Å²) in [4.78, 5) is 25.4. The first-order valence-corrected chi connectivity index (χ1v) is 8.50. The van der Waals surface area contributed by atoms with Crippen molar-refractivity contribution in [1.82, 2.24) is 4.57 Å². The number of carbonyl (C=O) groups is 2. The van der Waals surface area contributed by atoms with E-state index in [2.05, 4.69) is 0 Å². The molecule has 4 rings (SSSR count). The fraction of sp³-hybridized carbons (Fsp3) is 0.0476. The highest BCUT2D eigenvalue weighted by Crippen LogP contribution is 2.30. The summed E-state index contributed by atoms with van der Waals surface area (Å²) < 4.78 is 1.55. The second-order valence-corrected chi connectivity index (χ2v) is 6.53. The van der Waals surface area contributed by atoms with Gasteiger partial charge in [-0.15, -0.1) is 0 Å². The molecule has 0 bridgehead atoms. The van der Waals surface area contributed by atoms with Crippen molar-refractivity contribution in [2.45, 2.75) is 6.92 Å². The minimum Gasteiger partial charge on any atom is -0.366 e. The van der Waals surface area contributed by atoms with Crippen LogP contribution in [0.1, 0.15) is 26.4 Å². The second-order valence-electron chi connectivity index (χ2n) is 6.12. The maximum absolute atomic E-state index is 13.4. The van der Waals surface area contributed by atoms with Crippen LogP contribution >= 0.6 is 11.6 Å². The van der Waals surface area contributed by atoms with Crippen molar-refractivity contribution < 1.29 is 9.59 Å². The average Bonchev–Trinajstić information content (AvgIpc) is 2.93. The predicted octanol–water partition coefficient (Wildman–Crippen LogP) is 4.54. The number of nitrogens with zero attached hydrogens (tertiary/aromatic N) is 1. The fourth-order valence-electron chi connectivity index (χ4n) is 3.52. The van der Waals surface area contributed by atoms with Crippen LogP contribution in [0.2, 0.25) is 5.02 Å². The highest BCUT2D eigenvalue weighted by molar-refractivity contribution is 6.36. The Morgan fingerprint density at radius 1 is 0.885 bits per heavy atom. The fourth-order valence-corrected chi connectivity index (χ4v) is 3.76. The minimum absolute atomic E-state index is 0.223. The maximum Gasteiger partial charge on any atom is 0.263 e. The molecule has 26 heavy (non-hydrogen) atoms. The monoisotopic (exact) mass is 362 g/mol. The van der Waals surface area contributed by atoms with Gasteiger partial charge in [0, 0.05) is 27.1 Å². The first-order chi connectivity index (χ1) is 12.5. The molecule has 0 aliphatic rings. The van der Waals surface area contributed by atoms with Crippen molar-refractivity contribution in [1.29, 1.82) is 0 Å². The SMILES string of the molecule is Cc1c(C(N)=O)c2ccccc2n1C(=O)c1cccc2c(Cl)cccc12. The van der Waals surface area contributed by atoms with Crippen molar-refractivity contribution in [3.63, 3.8) is 0 Å². The summed E-state index contributed by atoms with van der Waals surface area (Å²) in [7, 11) is 0. The van der Waals surface area contributed by atoms with E-state index in [0.717, 1.165) is 10.8 Å². The summed E-state index contributed by atoms with van der Waals surface area (Å²) >= 11 is 6.27. The van der Waals surface area contributed by atoms with Crippen molar-refractivity contribution in [3.8, 4) is 0 Å². The van der Waals surface area contributed by atoms with E-state index < -0.39 is 5.91 Å². The topological polar surface area (TPSA) is 65.1 Å². The van der Waals surface area contributed by atoms with Gasteiger partial charge in [0.15, 0.2) is 0 Å². The summed E-state index contributed by atoms with van der Waals surface area (Å²) in [5, 5.41) is 2.83. The van der Waals surface area contributed by atoms with E-state index in [-0.39, 0.29) is 5.91 Å². The number of rotatable bonds is 2. The smallest absolute Gasteiger partial charge is 0.263 e. The molecule has 1 aromatic heterocycles. The number of para-hydroxylation sites is 1. The van der Waals surface area contributed by atoms with Gasteiger partial charge < -0.3 is 5.73 Å². The molecule has 0 spiro atoms. The average molecular weight is 363 g/mol. The molecule has 0 atom stereocenters. The third-order valence-electron chi connectivity index (χ3n) is 4.66. The van der Waals surface area contributed by atoms with Crippen LogP contribution in [0.4, 0.5) is 0 Å². The Bertz CT molecular complexity index is 1210. The lowest BCUT2D eigenvalue weighted by Crippen LogP contribution is -2.17. The van der Waals surface area contributed by atoms with Gasteiger partial charge >= 0.3 is 0 Å². The summed E-state index contributed by atoms with van der Waals surface area (Å²) in [6.45, 7) is 1.73. The van der Waals surface area contributed by atoms with Crippen molar-refractivity contribution >= 4 is 45.1 Å². The molecule has 0 saturated heterocycles. The highest BCUT2D eigenvalue weighted by Gasteiger charge is 2.23. The number of amides is 1. The number of hydrogen-bond donors (Lipinski definition) is 1. The van der Waals surface area contributed by atoms with Crippen molar-refractivity contribution in [2.75, 3.05) is 0 Å². The molecule has 0 fully saturated rings. The largest absolute Gasteiger partial charge is 0.366 e. The lowest BCUT2D eigenvalue weighted by molar-refractivity contribution is 0.0964. The molecular formula is C21H15ClN2O2. The number of fused-ring (bicyclic) bond motifs is 2. The van der Waals surface area contributed by atoms with E-state index in [1.165, 1.54) is 0 Å². The normalized spacial score (nSPS) is 11.2. The van der Waals surface area contributed by atoms with Crippen LogP contribution in [0.15, 0.2) is 60.7 Å². The molecule has 4 aromatic rings. The Morgan fingerprint density at radius 3 is 2.31 bits per heavy atom. The standard InChI is InChI=1S/C21H15ClN2O2/c1-12-19(20(23)25)16-6-2-3-11-18(16)24(12)21(26)15-9-4-8-14-13(15)7-5-10-17(14)22/h2-11H,1H3,(H2,23,25). The molecular weight excluding hydrogens is 348 g/mol. The summed E-state index contributed by atoms with van der Waals surface area (Å²) in [6.07, 6.45) is 0. The van der Waals surface area contributed by atoms with Gasteiger partial charge in [-0.05, 0) is 30.5 Å². The van der Waals surface area contributed by atoms with Crippen molar-refractivity contribution in [3.05, 3.63) is 82.5 Å². The molecule has 0 aliphatic carbocycles. The zero-order valence-electron chi connectivity index (χ0n) is 14.0. The molecule has 0 saturated carbocycles. The lowest BCUT2D eigenvalue weighted by Gasteiger charge is -2.10. The number of halogens is 1. The molecule has 1 amide bonds. The van der Waals surface area contributed by atoms with E-state index in [4.69, 9.17) is 17.3 Å². The molecule has 0 unspecified atom stereocenters. The number of nitrogens with two attached hydrogens (primary N) is 1. The van der Waals surface area contributed by atoms with Gasteiger partial charge in [-0.1, -0.05) is 54.1 Å². The predicted molar refractivity (Wildman–Crippen MR) is 104 cm³/mol. The van der Waals surface area contributed by atoms with Crippen LogP contribution in [0.5, 0.6) is 0 Å². The first kappa shape index (κ1) is 16.4. The van der Waals surface area contributed by atoms with Crippen LogP contribution in [0.25, 0.3) is 21.7 Å². The van der Waals surface area contributed by atoms with E-state index in [9.17, 15) is 9.59 Å². The van der Waals surface area contributed by atoms with Crippen LogP contribution in [-0.2, 0) is 0 Å². The quantitative estimate of drug-likeness (QED) is 0.568. The van der Waals surface area contributed by atoms with E-state index in [1.807, 2.05) is 36.4 Å². The van der Waals surface area contributed by atoms with Crippen LogP contribution < -0.4 is 5.73 Å². The van der Waals surface area contributed by atoms with Crippen LogP contribution in [0.3, 0.4) is 0 Å². The first-order valence-electron chi connectivity index (χ1n) is 8.12. The molecule has 2 N–H and O–H groups in total. The van der Waals surface area contributed by atoms with Gasteiger partial charge in [0.25, 0.3) is 11.8 Å². The number of benzene rings is 3. The number of carbonyl (C=O) groups excluding carboxylic acids is 2. The van der Waals surface area contributed by atoms with Crippen LogP contribution in [-0.4, -0.2) is 16.4 Å². The molecule has 1 heterocycles. The lowest BCUT2D eigenvalue weighted by atomic mass is 10.0. The summed E-state index contributed by atoms with van der Waals surface area (Å²) in [5.41, 5.74) is 7.63. The van der Waals surface area contributed by atoms with Crippen molar-refractivity contribution in [2.24, 2.45) is 5.73 Å². The second kappa shape index (κ2) is 6.00. The molecule has 0 radical (unpaired) electrons. The zero-order valence-corrected chi connectivity index (χ0v) is 14.7. The van der Waals surface area contributed by atoms with E-state index in [1.54, 1.807) is 35.8 Å². The highest BCUT2D eigenvalue weighted by atomic mass is 35.5. The maximum atomic E-state index is 13.4. The summed E-state index contributed by atoms with van der Waals surface area (Å²) in [6, 6.07) is 18.2. The minimum atomic E-state index is -0.550. The number of aromatic nitrogens is 1. The van der Waals surface area contributed by atoms with Gasteiger partial charge in [-0.2, -0.15) is 0 Å². The van der Waals surface area contributed by atoms with Gasteiger partial charge in [-0.3, -0.25) is 14.2 Å². The molecule has 128 valence electrons. The third kappa shape index (κ3) is 2.30. The van der Waals surface area contributed by atoms with E-state index >= 15 is 0 Å². The van der Waals surface area contributed by atoms with E-state index in [0.29, 0.717) is 32.7 Å². The van der Waals surface area contributed by atoms with Crippen LogP contribution in [0, 0.1) is 6.92 Å². The third-order valence-corrected chi connectivity index (χ3v) is 4.99. The Kier molecular flexibility index (Phi) is 3.78. The summed E-state index contributed by atoms with van der Waals surface area (Å²) in [5.74, 6) is -0.773. The Labute approximate surface area is 154 Å². The number of hydrogen-bond acceptors (Lipinski definition) is 2. The number of primary amides is 1. The van der Waals surface area contributed by atoms with Gasteiger partial charge in [0.2, 0.25) is 0 Å². The van der Waals surface area contributed by atoms with Gasteiger partial charge in [0.1, 0.15) is 0 Å². The van der Waals surface area contributed by atoms with Gasteiger partial charge in [0.05, 0.1) is 11.1 Å². The molecule has 3 aromatic carbocycles. The Hall–Kier alpha value is -3.11.